The lowest BCUT2D eigenvalue weighted by Crippen LogP contribution is -2.33. The van der Waals surface area contributed by atoms with E-state index in [1.54, 1.807) is 48.5 Å². The molecule has 0 unspecified atom stereocenters. The first kappa shape index (κ1) is 14.7. The Balaban J connectivity index is 2.04. The van der Waals surface area contributed by atoms with Crippen molar-refractivity contribution >= 4 is 11.7 Å². The molecule has 7 heteroatoms. The van der Waals surface area contributed by atoms with Gasteiger partial charge in [-0.15, -0.1) is 0 Å². The van der Waals surface area contributed by atoms with Gasteiger partial charge >= 0.3 is 0 Å². The maximum Gasteiger partial charge on any atom is 0.254 e. The third-order valence-electron chi connectivity index (χ3n) is 3.76. The molecule has 2 aromatic carbocycles. The molecule has 0 fully saturated rings. The zero-order chi connectivity index (χ0) is 16.4. The van der Waals surface area contributed by atoms with E-state index >= 15 is 0 Å². The molecule has 0 aromatic heterocycles. The maximum atomic E-state index is 10.1. The van der Waals surface area contributed by atoms with Crippen LogP contribution < -0.4 is 5.73 Å². The van der Waals surface area contributed by atoms with E-state index in [4.69, 9.17) is 10.9 Å². The van der Waals surface area contributed by atoms with Crippen LogP contribution in [-0.4, -0.2) is 32.1 Å². The van der Waals surface area contributed by atoms with Gasteiger partial charge in [0.05, 0.1) is 11.8 Å². The summed E-state index contributed by atoms with van der Waals surface area (Å²) in [5.74, 6) is 0.00860. The highest BCUT2D eigenvalue weighted by Crippen LogP contribution is 2.37. The number of hydrogen-bond donors (Lipinski definition) is 4. The lowest BCUT2D eigenvalue weighted by molar-refractivity contribution is 0.284. The van der Waals surface area contributed by atoms with Crippen LogP contribution in [0.2, 0.25) is 0 Å². The van der Waals surface area contributed by atoms with Crippen LogP contribution in [0.5, 0.6) is 11.5 Å². The van der Waals surface area contributed by atoms with E-state index in [2.05, 4.69) is 10.3 Å². The predicted molar refractivity (Wildman–Crippen MR) is 85.4 cm³/mol. The molecule has 7 nitrogen and oxygen atoms in total. The first-order chi connectivity index (χ1) is 11.1. The molecule has 1 atom stereocenters. The Labute approximate surface area is 132 Å². The van der Waals surface area contributed by atoms with Gasteiger partial charge in [0.2, 0.25) is 0 Å². The highest BCUT2D eigenvalue weighted by molar-refractivity contribution is 6.05. The number of rotatable bonds is 2. The molecule has 0 amide bonds. The van der Waals surface area contributed by atoms with Gasteiger partial charge in [0.1, 0.15) is 11.5 Å². The average molecular weight is 312 g/mol. The quantitative estimate of drug-likeness (QED) is 0.293. The number of phenolic OH excluding ortho intramolecular Hbond substituents is 2. The Kier molecular flexibility index (Phi) is 3.76. The molecule has 118 valence electrons. The normalized spacial score (nSPS) is 18.1. The van der Waals surface area contributed by atoms with Crippen molar-refractivity contribution in [3.05, 3.63) is 59.7 Å². The second-order valence-electron chi connectivity index (χ2n) is 5.15. The van der Waals surface area contributed by atoms with Crippen molar-refractivity contribution in [3.8, 4) is 11.5 Å². The monoisotopic (exact) mass is 312 g/mol. The molecule has 3 rings (SSSR count). The minimum Gasteiger partial charge on any atom is -0.508 e. The maximum absolute atomic E-state index is 10.1. The molecular formula is C16H16N4O3. The number of benzene rings is 2. The van der Waals surface area contributed by atoms with Gasteiger partial charge < -0.3 is 21.2 Å². The Morgan fingerprint density at radius 2 is 1.74 bits per heavy atom. The molecule has 1 aliphatic rings. The summed E-state index contributed by atoms with van der Waals surface area (Å²) < 4.78 is 0. The van der Waals surface area contributed by atoms with Crippen LogP contribution in [0, 0.1) is 0 Å². The molecule has 1 aliphatic heterocycles. The van der Waals surface area contributed by atoms with E-state index in [1.807, 2.05) is 0 Å². The van der Waals surface area contributed by atoms with Gasteiger partial charge in [-0.05, 0) is 23.4 Å². The van der Waals surface area contributed by atoms with Crippen LogP contribution in [0.3, 0.4) is 0 Å². The molecule has 23 heavy (non-hydrogen) atoms. The van der Waals surface area contributed by atoms with Crippen LogP contribution in [0.4, 0.5) is 0 Å². The summed E-state index contributed by atoms with van der Waals surface area (Å²) in [6.45, 7) is 0. The van der Waals surface area contributed by atoms with Crippen LogP contribution in [0.25, 0.3) is 0 Å². The Bertz CT molecular complexity index is 788. The first-order valence-corrected chi connectivity index (χ1v) is 7.02. The Morgan fingerprint density at radius 3 is 2.39 bits per heavy atom. The van der Waals surface area contributed by atoms with E-state index in [-0.39, 0.29) is 17.5 Å². The van der Waals surface area contributed by atoms with Crippen molar-refractivity contribution in [1.82, 2.24) is 5.01 Å². The van der Waals surface area contributed by atoms with Crippen molar-refractivity contribution in [2.24, 2.45) is 16.0 Å². The second-order valence-corrected chi connectivity index (χ2v) is 5.15. The van der Waals surface area contributed by atoms with Crippen LogP contribution >= 0.6 is 0 Å². The van der Waals surface area contributed by atoms with Gasteiger partial charge in [-0.25, -0.2) is 5.01 Å². The SMILES string of the molecule is NC(=NO)N1N=C(c2ccccc2O)C[C@H]1c1ccccc1O. The third kappa shape index (κ3) is 2.64. The fourth-order valence-electron chi connectivity index (χ4n) is 2.66. The summed E-state index contributed by atoms with van der Waals surface area (Å²) in [7, 11) is 0. The molecule has 0 spiro atoms. The summed E-state index contributed by atoms with van der Waals surface area (Å²) in [4.78, 5) is 0. The Morgan fingerprint density at radius 1 is 1.09 bits per heavy atom. The summed E-state index contributed by atoms with van der Waals surface area (Å²) in [6, 6.07) is 13.2. The number of hydrogen-bond acceptors (Lipinski definition) is 5. The van der Waals surface area contributed by atoms with E-state index in [1.165, 1.54) is 5.01 Å². The van der Waals surface area contributed by atoms with E-state index in [0.29, 0.717) is 23.3 Å². The topological polar surface area (TPSA) is 115 Å². The zero-order valence-electron chi connectivity index (χ0n) is 12.2. The molecule has 5 N–H and O–H groups in total. The van der Waals surface area contributed by atoms with Gasteiger partial charge in [0, 0.05) is 17.5 Å². The molecule has 0 saturated heterocycles. The van der Waals surface area contributed by atoms with Gasteiger partial charge in [-0.1, -0.05) is 30.3 Å². The molecule has 0 saturated carbocycles. The van der Waals surface area contributed by atoms with Crippen LogP contribution in [0.15, 0.2) is 58.8 Å². The minimum absolute atomic E-state index is 0.0990. The molecule has 0 bridgehead atoms. The number of guanidine groups is 1. The summed E-state index contributed by atoms with van der Waals surface area (Å²) in [6.07, 6.45) is 0.394. The number of aromatic hydroxyl groups is 2. The largest absolute Gasteiger partial charge is 0.508 e. The van der Waals surface area contributed by atoms with Crippen molar-refractivity contribution in [3.63, 3.8) is 0 Å². The number of oxime groups is 1. The summed E-state index contributed by atoms with van der Waals surface area (Å²) in [5.41, 5.74) is 7.47. The fourth-order valence-corrected chi connectivity index (χ4v) is 2.66. The summed E-state index contributed by atoms with van der Waals surface area (Å²) >= 11 is 0. The van der Waals surface area contributed by atoms with Crippen molar-refractivity contribution in [1.29, 1.82) is 0 Å². The highest BCUT2D eigenvalue weighted by Gasteiger charge is 2.33. The third-order valence-corrected chi connectivity index (χ3v) is 3.76. The van der Waals surface area contributed by atoms with Gasteiger partial charge in [-0.3, -0.25) is 0 Å². The average Bonchev–Trinajstić information content (AvgIpc) is 3.00. The summed E-state index contributed by atoms with van der Waals surface area (Å²) in [5, 5.41) is 37.7. The zero-order valence-corrected chi connectivity index (χ0v) is 12.2. The lowest BCUT2D eigenvalue weighted by atomic mass is 9.97. The number of nitrogens with two attached hydrogens (primary N) is 1. The van der Waals surface area contributed by atoms with Crippen molar-refractivity contribution in [2.75, 3.05) is 0 Å². The number of phenols is 2. The highest BCUT2D eigenvalue weighted by atomic mass is 16.4. The molecule has 0 radical (unpaired) electrons. The molecule has 0 aliphatic carbocycles. The van der Waals surface area contributed by atoms with E-state index < -0.39 is 6.04 Å². The van der Waals surface area contributed by atoms with Gasteiger partial charge in [0.25, 0.3) is 5.96 Å². The predicted octanol–water partition coefficient (Wildman–Crippen LogP) is 1.95. The standard InChI is InChI=1S/C16H16N4O3/c17-16(19-23)20-13(11-6-2-4-8-15(11)22)9-12(18-20)10-5-1-3-7-14(10)21/h1-8,13,21-23H,9H2,(H2,17,19)/t13-/m0/s1. The molecule has 2 aromatic rings. The first-order valence-electron chi connectivity index (χ1n) is 7.02. The minimum atomic E-state index is -0.429. The Hall–Kier alpha value is -3.22. The number of hydrazone groups is 1. The number of nitrogens with zero attached hydrogens (tertiary/aromatic N) is 3. The fraction of sp³-hybridized carbons (Fsp3) is 0.125. The molecular weight excluding hydrogens is 296 g/mol. The molecule has 1 heterocycles. The van der Waals surface area contributed by atoms with Crippen molar-refractivity contribution < 1.29 is 15.4 Å². The van der Waals surface area contributed by atoms with E-state index in [9.17, 15) is 10.2 Å². The lowest BCUT2D eigenvalue weighted by Gasteiger charge is -2.22. The van der Waals surface area contributed by atoms with Gasteiger partial charge in [-0.2, -0.15) is 5.10 Å². The van der Waals surface area contributed by atoms with Crippen molar-refractivity contribution in [2.45, 2.75) is 12.5 Å². The second kappa shape index (κ2) is 5.88. The number of para-hydroxylation sites is 2. The smallest absolute Gasteiger partial charge is 0.254 e. The van der Waals surface area contributed by atoms with Crippen LogP contribution in [0.1, 0.15) is 23.6 Å². The van der Waals surface area contributed by atoms with E-state index in [0.717, 1.165) is 0 Å². The van der Waals surface area contributed by atoms with Crippen LogP contribution in [-0.2, 0) is 0 Å². The van der Waals surface area contributed by atoms with Gasteiger partial charge in [0.15, 0.2) is 0 Å².